The molecule has 0 saturated heterocycles. The number of carbonyl (C=O) groups excluding carboxylic acids is 1. The molecule has 3 nitrogen and oxygen atoms in total. The Labute approximate surface area is 84.8 Å². The van der Waals surface area contributed by atoms with Crippen LogP contribution in [0.25, 0.3) is 0 Å². The Bertz CT molecular complexity index is 223. The zero-order chi connectivity index (χ0) is 10.6. The Hall–Kier alpha value is -0.670. The molecule has 80 valence electrons. The maximum Gasteiger partial charge on any atom is 0.145 e. The quantitative estimate of drug-likeness (QED) is 0.549. The SMILES string of the molecule is COC1CC(/C=C(/C)C=O)CCC1O. The van der Waals surface area contributed by atoms with Gasteiger partial charge in [0.1, 0.15) is 6.29 Å². The van der Waals surface area contributed by atoms with Gasteiger partial charge in [0, 0.05) is 7.11 Å². The first-order chi connectivity index (χ1) is 6.67. The van der Waals surface area contributed by atoms with E-state index in [1.54, 1.807) is 14.0 Å². The summed E-state index contributed by atoms with van der Waals surface area (Å²) < 4.78 is 5.18. The van der Waals surface area contributed by atoms with E-state index in [4.69, 9.17) is 4.74 Å². The second-order valence-corrected chi connectivity index (χ2v) is 3.94. The maximum atomic E-state index is 10.4. The van der Waals surface area contributed by atoms with E-state index in [2.05, 4.69) is 0 Å². The molecule has 3 atom stereocenters. The highest BCUT2D eigenvalue weighted by Gasteiger charge is 2.27. The molecule has 0 radical (unpaired) electrons. The van der Waals surface area contributed by atoms with Crippen molar-refractivity contribution in [2.45, 2.75) is 38.4 Å². The lowest BCUT2D eigenvalue weighted by atomic mass is 9.84. The molecule has 0 heterocycles. The van der Waals surface area contributed by atoms with Gasteiger partial charge in [-0.2, -0.15) is 0 Å². The minimum absolute atomic E-state index is 0.0792. The van der Waals surface area contributed by atoms with Crippen molar-refractivity contribution in [3.63, 3.8) is 0 Å². The van der Waals surface area contributed by atoms with Crippen LogP contribution >= 0.6 is 0 Å². The van der Waals surface area contributed by atoms with Gasteiger partial charge < -0.3 is 9.84 Å². The lowest BCUT2D eigenvalue weighted by molar-refractivity contribution is -0.104. The summed E-state index contributed by atoms with van der Waals surface area (Å²) in [7, 11) is 1.62. The number of ether oxygens (including phenoxy) is 1. The van der Waals surface area contributed by atoms with Crippen LogP contribution < -0.4 is 0 Å². The van der Waals surface area contributed by atoms with Gasteiger partial charge in [-0.3, -0.25) is 4.79 Å². The number of carbonyl (C=O) groups is 1. The highest BCUT2D eigenvalue weighted by molar-refractivity contribution is 5.72. The summed E-state index contributed by atoms with van der Waals surface area (Å²) in [5, 5.41) is 9.56. The zero-order valence-corrected chi connectivity index (χ0v) is 8.77. The van der Waals surface area contributed by atoms with Crippen molar-refractivity contribution in [1.29, 1.82) is 0 Å². The molecular formula is C11H18O3. The molecule has 0 aromatic rings. The number of hydrogen-bond donors (Lipinski definition) is 1. The third-order valence-corrected chi connectivity index (χ3v) is 2.78. The molecule has 3 heteroatoms. The van der Waals surface area contributed by atoms with Crippen molar-refractivity contribution >= 4 is 6.29 Å². The molecule has 1 fully saturated rings. The Kier molecular flexibility index (Phi) is 4.29. The van der Waals surface area contributed by atoms with E-state index in [-0.39, 0.29) is 12.2 Å². The molecule has 1 saturated carbocycles. The van der Waals surface area contributed by atoms with Crippen molar-refractivity contribution in [2.75, 3.05) is 7.11 Å². The minimum atomic E-state index is -0.346. The Morgan fingerprint density at radius 1 is 1.50 bits per heavy atom. The zero-order valence-electron chi connectivity index (χ0n) is 8.77. The summed E-state index contributed by atoms with van der Waals surface area (Å²) in [6, 6.07) is 0. The van der Waals surface area contributed by atoms with Crippen molar-refractivity contribution in [3.8, 4) is 0 Å². The van der Waals surface area contributed by atoms with Crippen LogP contribution in [0.3, 0.4) is 0 Å². The van der Waals surface area contributed by atoms with Gasteiger partial charge in [0.25, 0.3) is 0 Å². The first kappa shape index (κ1) is 11.4. The molecule has 0 aliphatic heterocycles. The average molecular weight is 198 g/mol. The van der Waals surface area contributed by atoms with E-state index in [1.807, 2.05) is 6.08 Å². The van der Waals surface area contributed by atoms with E-state index in [9.17, 15) is 9.90 Å². The lowest BCUT2D eigenvalue weighted by Gasteiger charge is -2.30. The van der Waals surface area contributed by atoms with Gasteiger partial charge in [-0.15, -0.1) is 0 Å². The molecule has 0 aromatic carbocycles. The molecule has 1 rings (SSSR count). The van der Waals surface area contributed by atoms with Gasteiger partial charge in [0.15, 0.2) is 0 Å². The number of allylic oxidation sites excluding steroid dienone is 2. The van der Waals surface area contributed by atoms with Crippen LogP contribution in [0.1, 0.15) is 26.2 Å². The fourth-order valence-corrected chi connectivity index (χ4v) is 1.96. The van der Waals surface area contributed by atoms with Crippen LogP contribution in [0.5, 0.6) is 0 Å². The molecular weight excluding hydrogens is 180 g/mol. The fourth-order valence-electron chi connectivity index (χ4n) is 1.96. The van der Waals surface area contributed by atoms with Gasteiger partial charge in [-0.25, -0.2) is 0 Å². The first-order valence-corrected chi connectivity index (χ1v) is 5.01. The third-order valence-electron chi connectivity index (χ3n) is 2.78. The highest BCUT2D eigenvalue weighted by atomic mass is 16.5. The molecule has 0 spiro atoms. The number of methoxy groups -OCH3 is 1. The number of aldehydes is 1. The number of rotatable bonds is 3. The third kappa shape index (κ3) is 2.93. The summed E-state index contributed by atoms with van der Waals surface area (Å²) in [6.07, 6.45) is 4.92. The van der Waals surface area contributed by atoms with Gasteiger partial charge in [0.2, 0.25) is 0 Å². The molecule has 3 unspecified atom stereocenters. The normalized spacial score (nSPS) is 34.2. The molecule has 1 aliphatic carbocycles. The highest BCUT2D eigenvalue weighted by Crippen LogP contribution is 2.27. The molecule has 0 amide bonds. The van der Waals surface area contributed by atoms with E-state index in [1.165, 1.54) is 0 Å². The largest absolute Gasteiger partial charge is 0.390 e. The van der Waals surface area contributed by atoms with E-state index in [0.29, 0.717) is 5.92 Å². The Morgan fingerprint density at radius 3 is 2.79 bits per heavy atom. The van der Waals surface area contributed by atoms with Gasteiger partial charge in [-0.05, 0) is 37.7 Å². The summed E-state index contributed by atoms with van der Waals surface area (Å²) in [5.41, 5.74) is 0.765. The number of hydrogen-bond acceptors (Lipinski definition) is 3. The van der Waals surface area contributed by atoms with Crippen LogP contribution in [0, 0.1) is 5.92 Å². The van der Waals surface area contributed by atoms with Crippen LogP contribution in [0.4, 0.5) is 0 Å². The summed E-state index contributed by atoms with van der Waals surface area (Å²) in [6.45, 7) is 1.81. The monoisotopic (exact) mass is 198 g/mol. The standard InChI is InChI=1S/C11H18O3/c1-8(7-12)5-9-3-4-10(13)11(6-9)14-2/h5,7,9-11,13H,3-4,6H2,1-2H3/b8-5-. The topological polar surface area (TPSA) is 46.5 Å². The van der Waals surface area contributed by atoms with Crippen LogP contribution in [0.15, 0.2) is 11.6 Å². The van der Waals surface area contributed by atoms with Gasteiger partial charge in [-0.1, -0.05) is 6.08 Å². The second kappa shape index (κ2) is 5.27. The smallest absolute Gasteiger partial charge is 0.145 e. The maximum absolute atomic E-state index is 10.4. The molecule has 14 heavy (non-hydrogen) atoms. The second-order valence-electron chi connectivity index (χ2n) is 3.94. The lowest BCUT2D eigenvalue weighted by Crippen LogP contribution is -2.34. The predicted molar refractivity (Wildman–Crippen MR) is 54.0 cm³/mol. The number of aliphatic hydroxyl groups is 1. The van der Waals surface area contributed by atoms with Crippen molar-refractivity contribution < 1.29 is 14.6 Å². The Morgan fingerprint density at radius 2 is 2.21 bits per heavy atom. The van der Waals surface area contributed by atoms with Crippen LogP contribution in [-0.4, -0.2) is 30.7 Å². The Balaban J connectivity index is 2.54. The average Bonchev–Trinajstić information content (AvgIpc) is 2.20. The summed E-state index contributed by atoms with van der Waals surface area (Å²) in [5.74, 6) is 0.369. The van der Waals surface area contributed by atoms with Crippen molar-refractivity contribution in [1.82, 2.24) is 0 Å². The van der Waals surface area contributed by atoms with E-state index < -0.39 is 0 Å². The van der Waals surface area contributed by atoms with Gasteiger partial charge >= 0.3 is 0 Å². The van der Waals surface area contributed by atoms with Gasteiger partial charge in [0.05, 0.1) is 12.2 Å². The van der Waals surface area contributed by atoms with E-state index >= 15 is 0 Å². The van der Waals surface area contributed by atoms with Crippen molar-refractivity contribution in [2.24, 2.45) is 5.92 Å². The van der Waals surface area contributed by atoms with Crippen molar-refractivity contribution in [3.05, 3.63) is 11.6 Å². The molecule has 0 bridgehead atoms. The fraction of sp³-hybridized carbons (Fsp3) is 0.727. The van der Waals surface area contributed by atoms with E-state index in [0.717, 1.165) is 31.1 Å². The van der Waals surface area contributed by atoms with Crippen LogP contribution in [-0.2, 0) is 9.53 Å². The minimum Gasteiger partial charge on any atom is -0.390 e. The molecule has 1 N–H and O–H groups in total. The summed E-state index contributed by atoms with van der Waals surface area (Å²) in [4.78, 5) is 10.4. The first-order valence-electron chi connectivity index (χ1n) is 5.01. The predicted octanol–water partition coefficient (Wildman–Crippen LogP) is 1.31. The number of aliphatic hydroxyl groups excluding tert-OH is 1. The summed E-state index contributed by atoms with van der Waals surface area (Å²) >= 11 is 0. The molecule has 1 aliphatic rings. The van der Waals surface area contributed by atoms with Crippen LogP contribution in [0.2, 0.25) is 0 Å². The molecule has 0 aromatic heterocycles.